The fourth-order valence-electron chi connectivity index (χ4n) is 0. The Balaban J connectivity index is 0. The van der Waals surface area contributed by atoms with E-state index in [9.17, 15) is 0 Å². The van der Waals surface area contributed by atoms with Gasteiger partial charge in [-0.05, 0) is 0 Å². The summed E-state index contributed by atoms with van der Waals surface area (Å²) in [6, 6.07) is 0. The minimum atomic E-state index is -1.81. The molecule has 0 saturated carbocycles. The molecule has 0 N–H and O–H groups in total. The van der Waals surface area contributed by atoms with Gasteiger partial charge in [0.05, 0.1) is 0 Å². The maximum atomic E-state index is 8.47. The molecule has 0 atom stereocenters. The first-order valence-corrected chi connectivity index (χ1v) is 1.51. The summed E-state index contributed by atoms with van der Waals surface area (Å²) in [6.45, 7) is 0. The summed E-state index contributed by atoms with van der Waals surface area (Å²) in [6.07, 6.45) is 0. The van der Waals surface area contributed by atoms with Gasteiger partial charge in [-0.25, -0.2) is 0 Å². The number of hydrogen-bond acceptors (Lipinski definition) is 2. The van der Waals surface area contributed by atoms with Crippen LogP contribution in [0.1, 0.15) is 0 Å². The van der Waals surface area contributed by atoms with E-state index in [4.69, 9.17) is 7.35 Å². The van der Waals surface area contributed by atoms with E-state index in [1.807, 2.05) is 0 Å². The molecule has 0 rings (SSSR count). The molecule has 4 heteroatoms. The number of rotatable bonds is 0. The molecular formula is HLiO2V. The average Bonchev–Trinajstić information content (AvgIpc) is 0.918. The Kier molecular flexibility index (Phi) is 20.4. The van der Waals surface area contributed by atoms with Gasteiger partial charge in [-0.3, -0.25) is 0 Å². The molecule has 2 nitrogen and oxygen atoms in total. The monoisotopic (exact) mass is 91.0 g/mol. The van der Waals surface area contributed by atoms with E-state index in [1.165, 1.54) is 0 Å². The average molecular weight is 90.9 g/mol. The summed E-state index contributed by atoms with van der Waals surface area (Å²) in [5.74, 6) is 0. The second kappa shape index (κ2) is 9.22. The molecule has 0 saturated heterocycles. The zero-order valence-electron chi connectivity index (χ0n) is 1.26. The first-order chi connectivity index (χ1) is 1.41. The molecule has 0 amide bonds. The topological polar surface area (TPSA) is 34.1 Å². The fourth-order valence-corrected chi connectivity index (χ4v) is 0. The van der Waals surface area contributed by atoms with E-state index in [1.54, 1.807) is 0 Å². The van der Waals surface area contributed by atoms with Gasteiger partial charge in [0.15, 0.2) is 0 Å². The minimum absolute atomic E-state index is 0. The third-order valence-electron chi connectivity index (χ3n) is 0. The van der Waals surface area contributed by atoms with Crippen LogP contribution in [0.3, 0.4) is 0 Å². The number of hydrogen-bond donors (Lipinski definition) is 0. The van der Waals surface area contributed by atoms with Crippen LogP contribution in [0.2, 0.25) is 0 Å². The summed E-state index contributed by atoms with van der Waals surface area (Å²) in [5.41, 5.74) is 0. The van der Waals surface area contributed by atoms with Crippen LogP contribution in [-0.2, 0) is 23.5 Å². The van der Waals surface area contributed by atoms with Crippen molar-refractivity contribution in [2.75, 3.05) is 0 Å². The van der Waals surface area contributed by atoms with E-state index >= 15 is 0 Å². The van der Waals surface area contributed by atoms with Crippen molar-refractivity contribution in [3.63, 3.8) is 0 Å². The zero-order valence-corrected chi connectivity index (χ0v) is 2.66. The zero-order chi connectivity index (χ0) is 2.71. The van der Waals surface area contributed by atoms with Crippen molar-refractivity contribution in [2.45, 2.75) is 0 Å². The van der Waals surface area contributed by atoms with Gasteiger partial charge in [0, 0.05) is 0 Å². The molecule has 0 unspecified atom stereocenters. The summed E-state index contributed by atoms with van der Waals surface area (Å²) in [4.78, 5) is 0. The van der Waals surface area contributed by atoms with Crippen LogP contribution >= 0.6 is 0 Å². The van der Waals surface area contributed by atoms with Crippen molar-refractivity contribution in [3.05, 3.63) is 0 Å². The molecule has 0 fully saturated rings. The molecule has 0 aromatic rings. The Morgan fingerprint density at radius 2 is 1.25 bits per heavy atom. The molecule has 4 heavy (non-hydrogen) atoms. The van der Waals surface area contributed by atoms with Gasteiger partial charge in [-0.15, -0.1) is 0 Å². The van der Waals surface area contributed by atoms with Crippen LogP contribution in [0.5, 0.6) is 0 Å². The molecule has 0 aliphatic heterocycles. The molecule has 0 bridgehead atoms. The Hall–Kier alpha value is 0.782. The second-order valence-corrected chi connectivity index (χ2v) is 0.307. The van der Waals surface area contributed by atoms with Crippen LogP contribution in [0.15, 0.2) is 0 Å². The normalized spacial score (nSPS) is 2.00. The predicted octanol–water partition coefficient (Wildman–Crippen LogP) is -0.889. The van der Waals surface area contributed by atoms with E-state index in [-0.39, 0.29) is 18.9 Å². The summed E-state index contributed by atoms with van der Waals surface area (Å²) < 4.78 is 16.9. The predicted molar refractivity (Wildman–Crippen MR) is 8.52 cm³/mol. The van der Waals surface area contributed by atoms with Gasteiger partial charge in [0.25, 0.3) is 0 Å². The molecule has 0 aromatic carbocycles. The Bertz CT molecular complexity index is 27.0. The van der Waals surface area contributed by atoms with Crippen molar-refractivity contribution >= 4 is 18.9 Å². The van der Waals surface area contributed by atoms with Gasteiger partial charge in [0.1, 0.15) is 0 Å². The molecule has 0 spiro atoms. The van der Waals surface area contributed by atoms with Crippen molar-refractivity contribution < 1.29 is 23.5 Å². The van der Waals surface area contributed by atoms with Crippen molar-refractivity contribution in [3.8, 4) is 0 Å². The summed E-state index contributed by atoms with van der Waals surface area (Å²) >= 11 is -1.81. The van der Waals surface area contributed by atoms with Crippen LogP contribution in [0, 0.1) is 0 Å². The quantitative estimate of drug-likeness (QED) is 0.362. The van der Waals surface area contributed by atoms with Gasteiger partial charge < -0.3 is 0 Å². The Morgan fingerprint density at radius 3 is 1.25 bits per heavy atom. The first kappa shape index (κ1) is 8.84. The van der Waals surface area contributed by atoms with E-state index in [0.717, 1.165) is 0 Å². The molecule has 0 radical (unpaired) electrons. The first-order valence-electron chi connectivity index (χ1n) is 0.365. The SMILES string of the molecule is [LiH].[O]=[V]=[O]. The van der Waals surface area contributed by atoms with Gasteiger partial charge in [0.2, 0.25) is 0 Å². The van der Waals surface area contributed by atoms with Crippen molar-refractivity contribution in [1.82, 2.24) is 0 Å². The Labute approximate surface area is 42.7 Å². The molecule has 0 aliphatic carbocycles. The standard InChI is InChI=1S/Li.2O.V.H. The van der Waals surface area contributed by atoms with Gasteiger partial charge in [-0.1, -0.05) is 0 Å². The van der Waals surface area contributed by atoms with Crippen molar-refractivity contribution in [2.24, 2.45) is 0 Å². The molecule has 0 aliphatic rings. The molecule has 19 valence electrons. The van der Waals surface area contributed by atoms with Crippen LogP contribution in [0.4, 0.5) is 0 Å². The summed E-state index contributed by atoms with van der Waals surface area (Å²) in [5, 5.41) is 0. The third kappa shape index (κ3) is 14.4. The molecule has 0 aromatic heterocycles. The van der Waals surface area contributed by atoms with E-state index in [2.05, 4.69) is 0 Å². The van der Waals surface area contributed by atoms with Crippen LogP contribution in [0.25, 0.3) is 0 Å². The third-order valence-corrected chi connectivity index (χ3v) is 0. The van der Waals surface area contributed by atoms with Crippen LogP contribution < -0.4 is 0 Å². The van der Waals surface area contributed by atoms with E-state index < -0.39 is 16.2 Å². The molecular weight excluding hydrogens is 89.9 g/mol. The van der Waals surface area contributed by atoms with Crippen LogP contribution in [-0.4, -0.2) is 18.9 Å². The Morgan fingerprint density at radius 1 is 1.25 bits per heavy atom. The van der Waals surface area contributed by atoms with Gasteiger partial charge >= 0.3 is 42.4 Å². The fraction of sp³-hybridized carbons (Fsp3) is 0. The second-order valence-electron chi connectivity index (χ2n) is 0.0745. The van der Waals surface area contributed by atoms with Gasteiger partial charge in [-0.2, -0.15) is 0 Å². The maximum absolute atomic E-state index is 8.47. The molecule has 0 heterocycles. The van der Waals surface area contributed by atoms with E-state index in [0.29, 0.717) is 0 Å². The summed E-state index contributed by atoms with van der Waals surface area (Å²) in [7, 11) is 0. The van der Waals surface area contributed by atoms with Crippen molar-refractivity contribution in [1.29, 1.82) is 0 Å².